The van der Waals surface area contributed by atoms with Crippen LogP contribution in [0, 0.1) is 29.6 Å². The van der Waals surface area contributed by atoms with Crippen LogP contribution in [-0.2, 0) is 104 Å². The highest BCUT2D eigenvalue weighted by atomic mass is 16.4. The molecule has 0 saturated carbocycles. The van der Waals surface area contributed by atoms with Crippen molar-refractivity contribution in [1.29, 1.82) is 0 Å². The van der Waals surface area contributed by atoms with E-state index in [1.54, 1.807) is 81.4 Å². The molecule has 18 amide bonds. The molecular weight excluding hydrogens is 1580 g/mol. The summed E-state index contributed by atoms with van der Waals surface area (Å²) in [7, 11) is 0. The van der Waals surface area contributed by atoms with Gasteiger partial charge in [-0.1, -0.05) is 87.8 Å². The van der Waals surface area contributed by atoms with E-state index in [0.717, 1.165) is 0 Å². The molecule has 1 fully saturated rings. The van der Waals surface area contributed by atoms with Crippen molar-refractivity contribution >= 4 is 112 Å². The predicted molar refractivity (Wildman–Crippen MR) is 435 cm³/mol. The van der Waals surface area contributed by atoms with Gasteiger partial charge in [-0.2, -0.15) is 0 Å². The Labute approximate surface area is 702 Å². The number of aromatic amines is 1. The maximum absolute atomic E-state index is 14.4. The van der Waals surface area contributed by atoms with Crippen LogP contribution < -0.4 is 97.0 Å². The topological polar surface area (TPSA) is 675 Å². The Kier molecular flexibility index (Phi) is 43.4. The van der Waals surface area contributed by atoms with Crippen molar-refractivity contribution in [2.24, 2.45) is 46.8 Å². The Morgan fingerprint density at radius 3 is 1.46 bits per heavy atom. The molecule has 1 aliphatic heterocycles. The number of carboxylic acid groups (broad SMARTS) is 1. The van der Waals surface area contributed by atoms with Crippen molar-refractivity contribution in [3.8, 4) is 5.75 Å². The summed E-state index contributed by atoms with van der Waals surface area (Å²) in [6.07, 6.45) is 0.141. The van der Waals surface area contributed by atoms with Crippen LogP contribution in [0.5, 0.6) is 5.75 Å². The number of carbonyl (C=O) groups excluding carboxylic acids is 18. The molecule has 0 unspecified atom stereocenters. The summed E-state index contributed by atoms with van der Waals surface area (Å²) in [5.74, 6) is -18.7. The predicted octanol–water partition coefficient (Wildman–Crippen LogP) is -5.72. The van der Waals surface area contributed by atoms with Gasteiger partial charge in [-0.05, 0) is 126 Å². The number of benzene rings is 1. The number of carboxylic acids is 1. The van der Waals surface area contributed by atoms with Crippen LogP contribution in [0.3, 0.4) is 0 Å². The summed E-state index contributed by atoms with van der Waals surface area (Å²) in [6.45, 7) is 20.3. The van der Waals surface area contributed by atoms with Gasteiger partial charge in [-0.15, -0.1) is 0 Å². The number of hydrogen-bond donors (Lipinski definition) is 22. The minimum absolute atomic E-state index is 0.00291. The Morgan fingerprint density at radius 2 is 0.934 bits per heavy atom. The highest BCUT2D eigenvalue weighted by Crippen LogP contribution is 2.22. The molecule has 2 aromatic rings. The fourth-order valence-electron chi connectivity index (χ4n) is 12.6. The third-order valence-electron chi connectivity index (χ3n) is 19.3. The van der Waals surface area contributed by atoms with E-state index in [0.29, 0.717) is 18.4 Å². The third kappa shape index (κ3) is 37.1. The molecule has 16 atom stereocenters. The van der Waals surface area contributed by atoms with Crippen molar-refractivity contribution in [3.63, 3.8) is 0 Å². The lowest BCUT2D eigenvalue weighted by atomic mass is 9.96. The molecule has 1 aromatic carbocycles. The van der Waals surface area contributed by atoms with Crippen LogP contribution in [0.1, 0.15) is 172 Å². The number of aromatic nitrogens is 2. The van der Waals surface area contributed by atoms with Crippen LogP contribution in [0.2, 0.25) is 0 Å². The first-order valence-electron chi connectivity index (χ1n) is 40.3. The fraction of sp³-hybridized carbons (Fsp3) is 0.641. The summed E-state index contributed by atoms with van der Waals surface area (Å²) in [4.78, 5) is 262. The molecule has 0 spiro atoms. The van der Waals surface area contributed by atoms with Crippen molar-refractivity contribution in [1.82, 2.24) is 94.6 Å². The second-order valence-electron chi connectivity index (χ2n) is 32.0. The first-order chi connectivity index (χ1) is 56.6. The van der Waals surface area contributed by atoms with Gasteiger partial charge in [0.1, 0.15) is 84.3 Å². The van der Waals surface area contributed by atoms with Crippen LogP contribution >= 0.6 is 0 Å². The maximum atomic E-state index is 14.4. The van der Waals surface area contributed by atoms with Gasteiger partial charge in [0, 0.05) is 31.3 Å². The maximum Gasteiger partial charge on any atom is 0.303 e. The molecule has 0 aliphatic carbocycles. The SMILES string of the molecule is CC[C@H](C)[C@H](NC(=O)CNC(=O)[C@H](C)NC(=O)[C@H](C)NC(=O)[C@H](Cc1cnc[nH]1)NC(=O)[C@H](CC(N)=O)NC(=O)CNC(=O)[C@H](C)NC(=O)CNC(=O)[C@@H]1CCCN1C(=O)[C@H](CC(C)C)NC(=O)[C@H](CC(C)C)NC(=O)[C@H](CCC(=O)O)NC(=O)[C@@H](N)Cc1ccc(O)cc1)C(=O)N[C@@H](CC(C)C)C(=O)N[C@H](C(=O)N[C@@H](CC(C)C)C(N)=O)[C@@H](C)O. The van der Waals surface area contributed by atoms with E-state index in [1.807, 2.05) is 0 Å². The number of imidazole rings is 1. The normalized spacial score (nSPS) is 16.2. The number of carbonyl (C=O) groups is 19. The molecule has 0 radical (unpaired) electrons. The van der Waals surface area contributed by atoms with Crippen LogP contribution in [0.15, 0.2) is 36.8 Å². The second-order valence-corrected chi connectivity index (χ2v) is 32.0. The van der Waals surface area contributed by atoms with Crippen molar-refractivity contribution < 1.29 is 106 Å². The van der Waals surface area contributed by atoms with E-state index in [1.165, 1.54) is 57.3 Å². The first-order valence-corrected chi connectivity index (χ1v) is 40.3. The molecule has 0 bridgehead atoms. The third-order valence-corrected chi connectivity index (χ3v) is 19.3. The van der Waals surface area contributed by atoms with Gasteiger partial charge >= 0.3 is 5.97 Å². The number of hydrogen-bond acceptors (Lipinski definition) is 23. The minimum atomic E-state index is -1.79. The average Bonchev–Trinajstić information content (AvgIpc) is 1.72. The fourth-order valence-corrected chi connectivity index (χ4v) is 12.6. The van der Waals surface area contributed by atoms with Crippen molar-refractivity contribution in [2.45, 2.75) is 265 Å². The van der Waals surface area contributed by atoms with Crippen molar-refractivity contribution in [3.05, 3.63) is 48.0 Å². The Hall–Kier alpha value is -11.9. The van der Waals surface area contributed by atoms with E-state index >= 15 is 0 Å². The molecule has 3 rings (SSSR count). The average molecular weight is 1710 g/mol. The van der Waals surface area contributed by atoms with Crippen LogP contribution in [0.25, 0.3) is 0 Å². The Morgan fingerprint density at radius 1 is 0.488 bits per heavy atom. The number of rotatable bonds is 52. The number of aliphatic carboxylic acids is 1. The van der Waals surface area contributed by atoms with Crippen molar-refractivity contribution in [2.75, 3.05) is 26.2 Å². The number of primary amides is 2. The summed E-state index contributed by atoms with van der Waals surface area (Å²) in [5.41, 5.74) is 18.0. The zero-order chi connectivity index (χ0) is 91.4. The van der Waals surface area contributed by atoms with Crippen LogP contribution in [-0.4, -0.2) is 259 Å². The molecule has 674 valence electrons. The summed E-state index contributed by atoms with van der Waals surface area (Å²) in [6, 6.07) is -13.3. The first kappa shape index (κ1) is 103. The number of aromatic hydroxyl groups is 1. The van der Waals surface area contributed by atoms with Gasteiger partial charge < -0.3 is 122 Å². The molecule has 43 nitrogen and oxygen atoms in total. The van der Waals surface area contributed by atoms with Gasteiger partial charge in [0.2, 0.25) is 106 Å². The summed E-state index contributed by atoms with van der Waals surface area (Å²) in [5, 5.41) is 66.5. The number of aliphatic hydroxyl groups excluding tert-OH is 1. The highest BCUT2D eigenvalue weighted by molar-refractivity contribution is 6.01. The molecule has 1 aromatic heterocycles. The molecule has 43 heteroatoms. The molecule has 121 heavy (non-hydrogen) atoms. The zero-order valence-corrected chi connectivity index (χ0v) is 71.0. The number of H-pyrrole nitrogens is 1. The number of phenols is 1. The smallest absolute Gasteiger partial charge is 0.303 e. The summed E-state index contributed by atoms with van der Waals surface area (Å²) >= 11 is 0. The van der Waals surface area contributed by atoms with Gasteiger partial charge in [-0.3, -0.25) is 91.1 Å². The second kappa shape index (κ2) is 50.9. The zero-order valence-electron chi connectivity index (χ0n) is 71.0. The van der Waals surface area contributed by atoms with E-state index < -0.39 is 241 Å². The highest BCUT2D eigenvalue weighted by Gasteiger charge is 2.41. The van der Waals surface area contributed by atoms with Gasteiger partial charge in [-0.25, -0.2) is 4.98 Å². The molecule has 1 aliphatic rings. The Balaban J connectivity index is 1.61. The number of aliphatic hydroxyl groups is 1. The van der Waals surface area contributed by atoms with E-state index in [-0.39, 0.29) is 93.0 Å². The number of likely N-dealkylation sites (tertiary alicyclic amines) is 1. The lowest BCUT2D eigenvalue weighted by molar-refractivity contribution is -0.142. The minimum Gasteiger partial charge on any atom is -0.508 e. The monoisotopic (exact) mass is 1710 g/mol. The molecular formula is C78H125N21O22. The van der Waals surface area contributed by atoms with E-state index in [4.69, 9.17) is 17.2 Å². The standard InChI is InChI=1S/C78H125N21O22/c1-15-41(10)63(76(119)95-53(27-39(6)7)74(117)98-64(45(14)100)77(120)92-51(65(81)108)25-37(2)3)97-61(105)35-84-67(110)43(12)88-68(111)44(13)89-71(114)54(30-47-32-82-36-86-47)94-73(116)55(31-58(80)102)90-60(104)34-83-66(109)42(11)87-59(103)33-85-75(118)57-17-16-24-99(57)78(121)56(28-40(8)9)96-72(115)52(26-38(4)5)93-70(113)50(22-23-62(106)107)91-69(112)49(79)29-46-18-20-48(101)21-19-46/h18-21,32,36-45,49-57,63-64,100-101H,15-17,22-31,33-35,79H2,1-14H3,(H2,80,102)(H2,81,108)(H,82,86)(H,83,109)(H,84,110)(H,85,118)(H,87,103)(H,88,111)(H,89,114)(H,90,104)(H,91,112)(H,92,120)(H,93,113)(H,94,116)(H,95,119)(H,96,115)(H,97,105)(H,98,117)(H,106,107)/t41-,42-,43-,44-,45+,49-,50-,51-,52-,53-,54-,55-,56-,57-,63-,64-/m0/s1. The number of amides is 18. The van der Waals surface area contributed by atoms with Crippen LogP contribution in [0.4, 0.5) is 0 Å². The lowest BCUT2D eigenvalue weighted by Crippen LogP contribution is -2.61. The van der Waals surface area contributed by atoms with Gasteiger partial charge in [0.15, 0.2) is 0 Å². The Bertz CT molecular complexity index is 3920. The molecule has 25 N–H and O–H groups in total. The van der Waals surface area contributed by atoms with E-state index in [2.05, 4.69) is 89.7 Å². The number of phenolic OH excluding ortho intramolecular Hbond substituents is 1. The number of nitrogens with one attached hydrogen (secondary N) is 16. The molecule has 2 heterocycles. The number of nitrogens with zero attached hydrogens (tertiary/aromatic N) is 2. The molecule has 1 saturated heterocycles. The largest absolute Gasteiger partial charge is 0.508 e. The van der Waals surface area contributed by atoms with Gasteiger partial charge in [0.05, 0.1) is 44.5 Å². The lowest BCUT2D eigenvalue weighted by Gasteiger charge is -2.31. The summed E-state index contributed by atoms with van der Waals surface area (Å²) < 4.78 is 0. The van der Waals surface area contributed by atoms with Gasteiger partial charge in [0.25, 0.3) is 0 Å². The quantitative estimate of drug-likeness (QED) is 0.0293. The van der Waals surface area contributed by atoms with E-state index in [9.17, 15) is 106 Å². The number of nitrogens with two attached hydrogens (primary N) is 3.